The number of hydrogen-bond acceptors (Lipinski definition) is 4. The van der Waals surface area contributed by atoms with E-state index in [0.717, 1.165) is 42.5 Å². The Balaban J connectivity index is 1.54. The minimum absolute atomic E-state index is 0.0373. The molecule has 0 spiro atoms. The van der Waals surface area contributed by atoms with Gasteiger partial charge in [0.05, 0.1) is 9.81 Å². The summed E-state index contributed by atoms with van der Waals surface area (Å²) in [5.74, 6) is -0.0745. The fourth-order valence-corrected chi connectivity index (χ4v) is 6.31. The Morgan fingerprint density at radius 3 is 1.39 bits per heavy atom. The molecule has 6 rings (SSSR count). The standard InChI is InChI=1S/C24H12O2S2/c25-21-19-15-7-3-1-5-13(15)9-11-17(19)27-23(21)24-22(26)20-16-8-4-2-6-14(16)10-12-18(20)28-24/h1-12H/b24-23+. The topological polar surface area (TPSA) is 34.1 Å². The summed E-state index contributed by atoms with van der Waals surface area (Å²) in [4.78, 5) is 29.6. The first-order chi connectivity index (χ1) is 13.7. The molecule has 2 aliphatic rings. The van der Waals surface area contributed by atoms with E-state index in [1.807, 2.05) is 72.8 Å². The van der Waals surface area contributed by atoms with Gasteiger partial charge in [0.2, 0.25) is 11.6 Å². The molecule has 2 nitrogen and oxygen atoms in total. The van der Waals surface area contributed by atoms with Crippen LogP contribution in [0.15, 0.2) is 92.4 Å². The highest BCUT2D eigenvalue weighted by Gasteiger charge is 2.37. The Morgan fingerprint density at radius 1 is 0.500 bits per heavy atom. The van der Waals surface area contributed by atoms with Crippen LogP contribution in [0.1, 0.15) is 20.7 Å². The van der Waals surface area contributed by atoms with Crippen LogP contribution in [0, 0.1) is 0 Å². The number of ketones is 2. The summed E-state index contributed by atoms with van der Waals surface area (Å²) >= 11 is 2.85. The van der Waals surface area contributed by atoms with Crippen LogP contribution in [0.25, 0.3) is 21.5 Å². The second-order valence-corrected chi connectivity index (χ2v) is 8.94. The Labute approximate surface area is 169 Å². The maximum Gasteiger partial charge on any atom is 0.202 e. The van der Waals surface area contributed by atoms with Crippen molar-refractivity contribution in [1.82, 2.24) is 0 Å². The molecular weight excluding hydrogens is 384 g/mol. The highest BCUT2D eigenvalue weighted by Crippen LogP contribution is 2.51. The van der Waals surface area contributed by atoms with Gasteiger partial charge in [-0.3, -0.25) is 9.59 Å². The summed E-state index contributed by atoms with van der Waals surface area (Å²) < 4.78 is 0. The van der Waals surface area contributed by atoms with E-state index in [1.54, 1.807) is 0 Å². The van der Waals surface area contributed by atoms with Crippen molar-refractivity contribution < 1.29 is 9.59 Å². The van der Waals surface area contributed by atoms with E-state index in [2.05, 4.69) is 0 Å². The molecule has 132 valence electrons. The molecule has 4 aromatic rings. The average Bonchev–Trinajstić information content (AvgIpc) is 3.25. The first-order valence-electron chi connectivity index (χ1n) is 8.95. The molecule has 4 heteroatoms. The minimum Gasteiger partial charge on any atom is -0.288 e. The highest BCUT2D eigenvalue weighted by molar-refractivity contribution is 8.08. The van der Waals surface area contributed by atoms with Gasteiger partial charge in [-0.1, -0.05) is 84.2 Å². The van der Waals surface area contributed by atoms with Crippen molar-refractivity contribution in [2.75, 3.05) is 0 Å². The number of carbonyl (C=O) groups excluding carboxylic acids is 2. The molecule has 4 aromatic carbocycles. The molecule has 0 fully saturated rings. The molecule has 0 unspecified atom stereocenters. The lowest BCUT2D eigenvalue weighted by atomic mass is 9.99. The van der Waals surface area contributed by atoms with E-state index < -0.39 is 0 Å². The van der Waals surface area contributed by atoms with Gasteiger partial charge in [0.25, 0.3) is 0 Å². The smallest absolute Gasteiger partial charge is 0.202 e. The molecule has 28 heavy (non-hydrogen) atoms. The SMILES string of the molecule is O=C1/C(=C2\Sc3ccc4ccccc4c3C2=O)Sc2ccc3ccccc3c21. The van der Waals surface area contributed by atoms with E-state index in [1.165, 1.54) is 23.5 Å². The van der Waals surface area contributed by atoms with Gasteiger partial charge in [-0.2, -0.15) is 0 Å². The quantitative estimate of drug-likeness (QED) is 0.319. The summed E-state index contributed by atoms with van der Waals surface area (Å²) in [7, 11) is 0. The van der Waals surface area contributed by atoms with Crippen molar-refractivity contribution in [1.29, 1.82) is 0 Å². The first kappa shape index (κ1) is 16.2. The van der Waals surface area contributed by atoms with Gasteiger partial charge in [0.15, 0.2) is 0 Å². The molecule has 0 aliphatic carbocycles. The van der Waals surface area contributed by atoms with E-state index in [9.17, 15) is 9.59 Å². The molecule has 0 amide bonds. The van der Waals surface area contributed by atoms with Crippen LogP contribution in [-0.4, -0.2) is 11.6 Å². The largest absolute Gasteiger partial charge is 0.288 e. The number of rotatable bonds is 0. The number of allylic oxidation sites excluding steroid dienone is 2. The molecule has 0 saturated heterocycles. The predicted octanol–water partition coefficient (Wildman–Crippen LogP) is 6.48. The summed E-state index contributed by atoms with van der Waals surface area (Å²) in [5, 5.41) is 3.99. The van der Waals surface area contributed by atoms with Crippen LogP contribution in [0.3, 0.4) is 0 Å². The van der Waals surface area contributed by atoms with E-state index >= 15 is 0 Å². The minimum atomic E-state index is -0.0373. The Hall–Kier alpha value is -2.82. The second kappa shape index (κ2) is 5.84. The van der Waals surface area contributed by atoms with E-state index in [-0.39, 0.29) is 11.6 Å². The van der Waals surface area contributed by atoms with Gasteiger partial charge in [-0.15, -0.1) is 0 Å². The molecule has 2 aliphatic heterocycles. The lowest BCUT2D eigenvalue weighted by Crippen LogP contribution is -2.03. The zero-order valence-corrected chi connectivity index (χ0v) is 16.2. The maximum absolute atomic E-state index is 13.3. The predicted molar refractivity (Wildman–Crippen MR) is 115 cm³/mol. The zero-order valence-electron chi connectivity index (χ0n) is 14.6. The third kappa shape index (κ3) is 2.13. The van der Waals surface area contributed by atoms with Gasteiger partial charge in [0, 0.05) is 20.9 Å². The average molecular weight is 396 g/mol. The molecular formula is C24H12O2S2. The van der Waals surface area contributed by atoms with E-state index in [4.69, 9.17) is 0 Å². The van der Waals surface area contributed by atoms with Crippen molar-refractivity contribution in [2.24, 2.45) is 0 Å². The molecule has 0 saturated carbocycles. The molecule has 0 atom stereocenters. The molecule has 0 radical (unpaired) electrons. The number of hydrogen-bond donors (Lipinski definition) is 0. The third-order valence-corrected chi connectivity index (χ3v) is 7.72. The number of thioether (sulfide) groups is 2. The fourth-order valence-electron chi connectivity index (χ4n) is 3.98. The van der Waals surface area contributed by atoms with Crippen LogP contribution >= 0.6 is 23.5 Å². The summed E-state index contributed by atoms with van der Waals surface area (Å²) in [6.45, 7) is 0. The van der Waals surface area contributed by atoms with Gasteiger partial charge in [0.1, 0.15) is 0 Å². The molecule has 0 aromatic heterocycles. The van der Waals surface area contributed by atoms with Crippen LogP contribution in [0.5, 0.6) is 0 Å². The van der Waals surface area contributed by atoms with Crippen LogP contribution < -0.4 is 0 Å². The molecule has 0 N–H and O–H groups in total. The third-order valence-electron chi connectivity index (χ3n) is 5.28. The zero-order chi connectivity index (χ0) is 18.8. The summed E-state index contributed by atoms with van der Waals surface area (Å²) in [6.07, 6.45) is 0. The maximum atomic E-state index is 13.3. The Bertz CT molecular complexity index is 1290. The van der Waals surface area contributed by atoms with Gasteiger partial charge in [-0.25, -0.2) is 0 Å². The Morgan fingerprint density at radius 2 is 0.929 bits per heavy atom. The first-order valence-corrected chi connectivity index (χ1v) is 10.6. The van der Waals surface area contributed by atoms with E-state index in [0.29, 0.717) is 9.81 Å². The second-order valence-electron chi connectivity index (χ2n) is 6.84. The highest BCUT2D eigenvalue weighted by atomic mass is 32.2. The lowest BCUT2D eigenvalue weighted by Gasteiger charge is -2.02. The van der Waals surface area contributed by atoms with Crippen molar-refractivity contribution in [3.05, 3.63) is 93.7 Å². The monoisotopic (exact) mass is 396 g/mol. The number of Topliss-reactive ketones (excluding diaryl/α,β-unsaturated/α-hetero) is 2. The Kier molecular flexibility index (Phi) is 3.37. The van der Waals surface area contributed by atoms with Gasteiger partial charge in [-0.05, 0) is 33.7 Å². The van der Waals surface area contributed by atoms with Crippen LogP contribution in [-0.2, 0) is 0 Å². The fraction of sp³-hybridized carbons (Fsp3) is 0. The normalized spacial score (nSPS) is 18.1. The molecule has 2 heterocycles. The van der Waals surface area contributed by atoms with Crippen molar-refractivity contribution in [3.63, 3.8) is 0 Å². The number of benzene rings is 4. The van der Waals surface area contributed by atoms with Crippen molar-refractivity contribution >= 4 is 56.6 Å². The summed E-state index contributed by atoms with van der Waals surface area (Å²) in [5.41, 5.74) is 1.44. The number of carbonyl (C=O) groups is 2. The summed E-state index contributed by atoms with van der Waals surface area (Å²) in [6, 6.07) is 23.9. The number of fused-ring (bicyclic) bond motifs is 6. The van der Waals surface area contributed by atoms with Crippen LogP contribution in [0.2, 0.25) is 0 Å². The van der Waals surface area contributed by atoms with Crippen molar-refractivity contribution in [3.8, 4) is 0 Å². The van der Waals surface area contributed by atoms with Gasteiger partial charge >= 0.3 is 0 Å². The van der Waals surface area contributed by atoms with Crippen LogP contribution in [0.4, 0.5) is 0 Å². The molecule has 0 bridgehead atoms. The lowest BCUT2D eigenvalue weighted by molar-refractivity contribution is 0.101. The van der Waals surface area contributed by atoms with Crippen molar-refractivity contribution in [2.45, 2.75) is 9.79 Å². The van der Waals surface area contributed by atoms with Gasteiger partial charge < -0.3 is 0 Å².